The lowest BCUT2D eigenvalue weighted by molar-refractivity contribution is 0.180. The SMILES string of the molecule is Nc1ncnc2c1c(I)cn2C1CCN(C2CC2)CC1. The molecule has 0 unspecified atom stereocenters. The second-order valence-corrected chi connectivity index (χ2v) is 7.00. The van der Waals surface area contributed by atoms with Gasteiger partial charge in [-0.1, -0.05) is 0 Å². The first-order chi connectivity index (χ1) is 9.74. The van der Waals surface area contributed by atoms with E-state index in [4.69, 9.17) is 5.73 Å². The van der Waals surface area contributed by atoms with E-state index in [0.29, 0.717) is 11.9 Å². The number of nitrogens with zero attached hydrogens (tertiary/aromatic N) is 4. The summed E-state index contributed by atoms with van der Waals surface area (Å²) in [6.45, 7) is 2.43. The average molecular weight is 383 g/mol. The molecule has 6 heteroatoms. The Morgan fingerprint density at radius 2 is 1.85 bits per heavy atom. The van der Waals surface area contributed by atoms with E-state index in [1.165, 1.54) is 38.8 Å². The minimum atomic E-state index is 0.547. The molecule has 2 fully saturated rings. The molecule has 0 spiro atoms. The van der Waals surface area contributed by atoms with E-state index in [2.05, 4.69) is 48.2 Å². The Morgan fingerprint density at radius 3 is 2.55 bits per heavy atom. The van der Waals surface area contributed by atoms with Crippen molar-refractivity contribution in [1.29, 1.82) is 0 Å². The quantitative estimate of drug-likeness (QED) is 0.810. The standard InChI is InChI=1S/C14H18IN5/c15-11-7-20(14-12(11)13(16)17-8-18-14)10-3-5-19(6-4-10)9-1-2-9/h7-10H,1-6H2,(H2,16,17,18). The number of fused-ring (bicyclic) bond motifs is 1. The van der Waals surface area contributed by atoms with Gasteiger partial charge in [-0.05, 0) is 48.3 Å². The van der Waals surface area contributed by atoms with Crippen molar-refractivity contribution in [2.75, 3.05) is 18.8 Å². The Morgan fingerprint density at radius 1 is 1.10 bits per heavy atom. The first-order valence-electron chi connectivity index (χ1n) is 7.24. The summed E-state index contributed by atoms with van der Waals surface area (Å²) < 4.78 is 3.47. The molecule has 1 aliphatic heterocycles. The molecule has 4 rings (SSSR count). The predicted octanol–water partition coefficient (Wildman–Crippen LogP) is 2.42. The smallest absolute Gasteiger partial charge is 0.146 e. The van der Waals surface area contributed by atoms with E-state index in [9.17, 15) is 0 Å². The molecule has 0 atom stereocenters. The van der Waals surface area contributed by atoms with Gasteiger partial charge < -0.3 is 15.2 Å². The molecule has 5 nitrogen and oxygen atoms in total. The van der Waals surface area contributed by atoms with Crippen LogP contribution in [-0.4, -0.2) is 38.6 Å². The Bertz CT molecular complexity index is 640. The van der Waals surface area contributed by atoms with Crippen LogP contribution in [-0.2, 0) is 0 Å². The zero-order valence-corrected chi connectivity index (χ0v) is 13.5. The molecule has 1 saturated heterocycles. The average Bonchev–Trinajstić information content (AvgIpc) is 3.24. The molecule has 0 aromatic carbocycles. The first-order valence-corrected chi connectivity index (χ1v) is 8.32. The second kappa shape index (κ2) is 4.84. The highest BCUT2D eigenvalue weighted by molar-refractivity contribution is 14.1. The van der Waals surface area contributed by atoms with Gasteiger partial charge >= 0.3 is 0 Å². The van der Waals surface area contributed by atoms with Gasteiger partial charge in [0.1, 0.15) is 17.8 Å². The Labute approximate surface area is 131 Å². The van der Waals surface area contributed by atoms with E-state index in [-0.39, 0.29) is 0 Å². The topological polar surface area (TPSA) is 60.0 Å². The summed E-state index contributed by atoms with van der Waals surface area (Å²) in [5.74, 6) is 0.591. The molecule has 0 radical (unpaired) electrons. The van der Waals surface area contributed by atoms with E-state index >= 15 is 0 Å². The van der Waals surface area contributed by atoms with Gasteiger partial charge in [-0.25, -0.2) is 9.97 Å². The number of hydrogen-bond donors (Lipinski definition) is 1. The molecule has 1 aliphatic carbocycles. The van der Waals surface area contributed by atoms with Crippen molar-refractivity contribution in [3.05, 3.63) is 16.1 Å². The van der Waals surface area contributed by atoms with Crippen molar-refractivity contribution in [1.82, 2.24) is 19.4 Å². The predicted molar refractivity (Wildman–Crippen MR) is 87.5 cm³/mol. The van der Waals surface area contributed by atoms with Crippen molar-refractivity contribution in [2.24, 2.45) is 0 Å². The Hall–Kier alpha value is -0.890. The summed E-state index contributed by atoms with van der Waals surface area (Å²) in [6.07, 6.45) is 8.98. The van der Waals surface area contributed by atoms with Gasteiger partial charge in [-0.15, -0.1) is 0 Å². The molecule has 1 saturated carbocycles. The summed E-state index contributed by atoms with van der Waals surface area (Å²) in [5.41, 5.74) is 6.98. The monoisotopic (exact) mass is 383 g/mol. The lowest BCUT2D eigenvalue weighted by atomic mass is 10.0. The third-order valence-electron chi connectivity index (χ3n) is 4.55. The molecule has 3 heterocycles. The second-order valence-electron chi connectivity index (χ2n) is 5.84. The van der Waals surface area contributed by atoms with Gasteiger partial charge in [0.2, 0.25) is 0 Å². The maximum absolute atomic E-state index is 5.99. The number of aromatic nitrogens is 3. The van der Waals surface area contributed by atoms with Gasteiger partial charge in [0.15, 0.2) is 0 Å². The van der Waals surface area contributed by atoms with Gasteiger partial charge in [0.05, 0.1) is 5.39 Å². The molecular weight excluding hydrogens is 365 g/mol. The number of anilines is 1. The highest BCUT2D eigenvalue weighted by atomic mass is 127. The molecule has 2 N–H and O–H groups in total. The molecule has 2 aliphatic rings. The first kappa shape index (κ1) is 12.8. The van der Waals surface area contributed by atoms with E-state index in [0.717, 1.165) is 20.6 Å². The molecule has 2 aromatic heterocycles. The van der Waals surface area contributed by atoms with Gasteiger partial charge in [0, 0.05) is 34.9 Å². The lowest BCUT2D eigenvalue weighted by Gasteiger charge is -2.32. The van der Waals surface area contributed by atoms with Crippen molar-refractivity contribution < 1.29 is 0 Å². The molecule has 20 heavy (non-hydrogen) atoms. The van der Waals surface area contributed by atoms with Crippen LogP contribution in [0, 0.1) is 3.57 Å². The highest BCUT2D eigenvalue weighted by Crippen LogP contribution is 2.35. The van der Waals surface area contributed by atoms with Crippen LogP contribution in [0.3, 0.4) is 0 Å². The zero-order chi connectivity index (χ0) is 13.7. The van der Waals surface area contributed by atoms with Crippen molar-refractivity contribution in [3.8, 4) is 0 Å². The summed E-state index contributed by atoms with van der Waals surface area (Å²) >= 11 is 2.33. The van der Waals surface area contributed by atoms with Crippen LogP contribution < -0.4 is 5.73 Å². The van der Waals surface area contributed by atoms with Gasteiger partial charge in [-0.2, -0.15) is 0 Å². The lowest BCUT2D eigenvalue weighted by Crippen LogP contribution is -2.36. The zero-order valence-electron chi connectivity index (χ0n) is 11.3. The van der Waals surface area contributed by atoms with Crippen LogP contribution in [0.5, 0.6) is 0 Å². The third-order valence-corrected chi connectivity index (χ3v) is 5.37. The fourth-order valence-electron chi connectivity index (χ4n) is 3.31. The van der Waals surface area contributed by atoms with E-state index in [1.807, 2.05) is 0 Å². The molecule has 0 amide bonds. The summed E-state index contributed by atoms with van der Waals surface area (Å²) in [6, 6.07) is 1.43. The number of piperidine rings is 1. The third kappa shape index (κ3) is 2.09. The highest BCUT2D eigenvalue weighted by Gasteiger charge is 2.32. The number of nitrogen functional groups attached to an aromatic ring is 1. The van der Waals surface area contributed by atoms with Crippen LogP contribution >= 0.6 is 22.6 Å². The number of nitrogens with two attached hydrogens (primary N) is 1. The van der Waals surface area contributed by atoms with E-state index in [1.54, 1.807) is 6.33 Å². The largest absolute Gasteiger partial charge is 0.383 e. The van der Waals surface area contributed by atoms with Crippen LogP contribution in [0.2, 0.25) is 0 Å². The van der Waals surface area contributed by atoms with Gasteiger partial charge in [-0.3, -0.25) is 0 Å². The number of rotatable bonds is 2. The minimum absolute atomic E-state index is 0.547. The molecule has 106 valence electrons. The fraction of sp³-hybridized carbons (Fsp3) is 0.571. The molecule has 2 aromatic rings. The summed E-state index contributed by atoms with van der Waals surface area (Å²) in [7, 11) is 0. The molecular formula is C14H18IN5. The van der Waals surface area contributed by atoms with Crippen molar-refractivity contribution >= 4 is 39.4 Å². The normalized spacial score (nSPS) is 21.6. The minimum Gasteiger partial charge on any atom is -0.383 e. The Kier molecular flexibility index (Phi) is 3.10. The van der Waals surface area contributed by atoms with Crippen LogP contribution in [0.1, 0.15) is 31.7 Å². The van der Waals surface area contributed by atoms with Crippen LogP contribution in [0.15, 0.2) is 12.5 Å². The summed E-state index contributed by atoms with van der Waals surface area (Å²) in [4.78, 5) is 11.2. The maximum atomic E-state index is 5.99. The van der Waals surface area contributed by atoms with Crippen LogP contribution in [0.4, 0.5) is 5.82 Å². The Balaban J connectivity index is 1.64. The molecule has 0 bridgehead atoms. The maximum Gasteiger partial charge on any atom is 0.146 e. The fourth-order valence-corrected chi connectivity index (χ4v) is 4.13. The van der Waals surface area contributed by atoms with Crippen molar-refractivity contribution in [2.45, 2.75) is 37.8 Å². The number of hydrogen-bond acceptors (Lipinski definition) is 4. The number of likely N-dealkylation sites (tertiary alicyclic amines) is 1. The van der Waals surface area contributed by atoms with E-state index < -0.39 is 0 Å². The summed E-state index contributed by atoms with van der Waals surface area (Å²) in [5, 5.41) is 1.01. The van der Waals surface area contributed by atoms with Gasteiger partial charge in [0.25, 0.3) is 0 Å². The number of halogens is 1. The van der Waals surface area contributed by atoms with Crippen molar-refractivity contribution in [3.63, 3.8) is 0 Å². The van der Waals surface area contributed by atoms with Crippen LogP contribution in [0.25, 0.3) is 11.0 Å².